The van der Waals surface area contributed by atoms with Gasteiger partial charge in [0, 0.05) is 45.2 Å². The van der Waals surface area contributed by atoms with Crippen LogP contribution in [-0.4, -0.2) is 66.0 Å². The van der Waals surface area contributed by atoms with E-state index in [0.717, 1.165) is 44.9 Å². The number of carbonyl (C=O) groups excluding carboxylic acids is 2. The summed E-state index contributed by atoms with van der Waals surface area (Å²) in [5.41, 5.74) is -1.09. The molecule has 200 valence electrons. The van der Waals surface area contributed by atoms with Gasteiger partial charge in [-0.1, -0.05) is 12.8 Å². The Morgan fingerprint density at radius 2 is 1.62 bits per heavy atom. The molecule has 2 saturated heterocycles. The van der Waals surface area contributed by atoms with Crippen molar-refractivity contribution < 1.29 is 27.2 Å². The van der Waals surface area contributed by atoms with E-state index in [1.807, 2.05) is 9.80 Å². The molecule has 0 spiro atoms. The quantitative estimate of drug-likeness (QED) is 0.632. The third-order valence-electron chi connectivity index (χ3n) is 7.34. The Labute approximate surface area is 213 Å². The molecule has 5 rings (SSSR count). The summed E-state index contributed by atoms with van der Waals surface area (Å²) in [6.45, 7) is 3.61. The predicted octanol–water partition coefficient (Wildman–Crippen LogP) is 4.17. The maximum absolute atomic E-state index is 13.6. The van der Waals surface area contributed by atoms with E-state index in [2.05, 4.69) is 15.3 Å². The average Bonchev–Trinajstić information content (AvgIpc) is 3.60. The monoisotopic (exact) mass is 520 g/mol. The number of halogens is 3. The van der Waals surface area contributed by atoms with Gasteiger partial charge in [0.25, 0.3) is 11.9 Å². The summed E-state index contributed by atoms with van der Waals surface area (Å²) in [5.74, 6) is -0.811. The maximum atomic E-state index is 13.6. The molecule has 3 fully saturated rings. The first-order valence-electron chi connectivity index (χ1n) is 12.9. The zero-order valence-corrected chi connectivity index (χ0v) is 20.6. The lowest BCUT2D eigenvalue weighted by molar-refractivity contribution is -0.141. The Kier molecular flexibility index (Phi) is 7.25. The number of nitrogens with zero attached hydrogens (tertiary/aromatic N) is 5. The third-order valence-corrected chi connectivity index (χ3v) is 7.34. The van der Waals surface area contributed by atoms with Crippen molar-refractivity contribution in [2.75, 3.05) is 54.4 Å². The SMILES string of the molecule is O=C(Nc1ccc(N2CCN(C(=O)C3CCCC3)CC2)nc1)c1oc(N2CCCCC2)nc1C(F)(F)F. The number of anilines is 3. The summed E-state index contributed by atoms with van der Waals surface area (Å²) in [7, 11) is 0. The van der Waals surface area contributed by atoms with Gasteiger partial charge in [0.1, 0.15) is 5.82 Å². The Bertz CT molecular complexity index is 1100. The van der Waals surface area contributed by atoms with Gasteiger partial charge in [0.2, 0.25) is 11.7 Å². The summed E-state index contributed by atoms with van der Waals surface area (Å²) in [6.07, 6.45) is 3.43. The average molecular weight is 521 g/mol. The van der Waals surface area contributed by atoms with Crippen molar-refractivity contribution in [1.82, 2.24) is 14.9 Å². The maximum Gasteiger partial charge on any atom is 0.437 e. The number of carbonyl (C=O) groups is 2. The molecule has 12 heteroatoms. The lowest BCUT2D eigenvalue weighted by Crippen LogP contribution is -2.50. The summed E-state index contributed by atoms with van der Waals surface area (Å²) < 4.78 is 46.1. The molecule has 2 aromatic heterocycles. The molecule has 1 saturated carbocycles. The van der Waals surface area contributed by atoms with Gasteiger partial charge in [-0.15, -0.1) is 0 Å². The van der Waals surface area contributed by atoms with Crippen LogP contribution in [0.5, 0.6) is 0 Å². The number of amides is 2. The topological polar surface area (TPSA) is 94.8 Å². The normalized spacial score (nSPS) is 19.4. The van der Waals surface area contributed by atoms with Crippen molar-refractivity contribution >= 4 is 29.3 Å². The second-order valence-electron chi connectivity index (χ2n) is 9.87. The molecule has 0 atom stereocenters. The van der Waals surface area contributed by atoms with Crippen molar-refractivity contribution in [2.24, 2.45) is 5.92 Å². The largest absolute Gasteiger partial charge is 0.437 e. The molecule has 37 heavy (non-hydrogen) atoms. The molecule has 1 aliphatic carbocycles. The summed E-state index contributed by atoms with van der Waals surface area (Å²) >= 11 is 0. The molecule has 3 aliphatic rings. The van der Waals surface area contributed by atoms with Crippen molar-refractivity contribution in [3.63, 3.8) is 0 Å². The van der Waals surface area contributed by atoms with E-state index in [4.69, 9.17) is 4.42 Å². The number of nitrogens with one attached hydrogen (secondary N) is 1. The van der Waals surface area contributed by atoms with Gasteiger partial charge in [-0.3, -0.25) is 9.59 Å². The molecule has 0 radical (unpaired) electrons. The van der Waals surface area contributed by atoms with Gasteiger partial charge < -0.3 is 24.4 Å². The Hall–Kier alpha value is -3.31. The first-order valence-corrected chi connectivity index (χ1v) is 12.9. The number of hydrogen-bond donors (Lipinski definition) is 1. The van der Waals surface area contributed by atoms with E-state index in [1.54, 1.807) is 17.0 Å². The van der Waals surface area contributed by atoms with Crippen LogP contribution < -0.4 is 15.1 Å². The summed E-state index contributed by atoms with van der Waals surface area (Å²) in [6, 6.07) is 3.11. The van der Waals surface area contributed by atoms with Crippen molar-refractivity contribution in [1.29, 1.82) is 0 Å². The van der Waals surface area contributed by atoms with E-state index in [0.29, 0.717) is 45.1 Å². The van der Waals surface area contributed by atoms with Gasteiger partial charge in [-0.05, 0) is 44.2 Å². The number of pyridine rings is 1. The third kappa shape index (κ3) is 5.67. The predicted molar refractivity (Wildman–Crippen MR) is 131 cm³/mol. The molecule has 0 unspecified atom stereocenters. The van der Waals surface area contributed by atoms with Crippen LogP contribution >= 0.6 is 0 Å². The van der Waals surface area contributed by atoms with Crippen LogP contribution in [0.25, 0.3) is 0 Å². The zero-order chi connectivity index (χ0) is 26.0. The highest BCUT2D eigenvalue weighted by Crippen LogP contribution is 2.35. The van der Waals surface area contributed by atoms with Crippen molar-refractivity contribution in [2.45, 2.75) is 51.1 Å². The van der Waals surface area contributed by atoms with Crippen molar-refractivity contribution in [3.05, 3.63) is 29.8 Å². The minimum Gasteiger partial charge on any atom is -0.417 e. The van der Waals surface area contributed by atoms with Gasteiger partial charge >= 0.3 is 6.18 Å². The fourth-order valence-corrected chi connectivity index (χ4v) is 5.30. The number of alkyl halides is 3. The van der Waals surface area contributed by atoms with Crippen LogP contribution in [-0.2, 0) is 11.0 Å². The van der Waals surface area contributed by atoms with E-state index in [1.165, 1.54) is 6.20 Å². The highest BCUT2D eigenvalue weighted by molar-refractivity contribution is 6.03. The smallest absolute Gasteiger partial charge is 0.417 e. The second-order valence-corrected chi connectivity index (χ2v) is 9.87. The molecule has 2 amide bonds. The van der Waals surface area contributed by atoms with Crippen LogP contribution in [0, 0.1) is 5.92 Å². The fourth-order valence-electron chi connectivity index (χ4n) is 5.30. The summed E-state index contributed by atoms with van der Waals surface area (Å²) in [4.78, 5) is 39.0. The van der Waals surface area contributed by atoms with Crippen LogP contribution in [0.3, 0.4) is 0 Å². The molecular formula is C25H31F3N6O3. The standard InChI is InChI=1S/C25H31F3N6O3/c26-25(27,28)21-20(37-24(31-21)34-10-4-1-5-11-34)22(35)30-18-8-9-19(29-16-18)32-12-14-33(15-13-32)23(36)17-6-2-3-7-17/h8-9,16-17H,1-7,10-15H2,(H,30,35). The summed E-state index contributed by atoms with van der Waals surface area (Å²) in [5, 5.41) is 2.45. The second kappa shape index (κ2) is 10.6. The van der Waals surface area contributed by atoms with E-state index in [9.17, 15) is 22.8 Å². The molecule has 4 heterocycles. The Balaban J connectivity index is 1.21. The van der Waals surface area contributed by atoms with Gasteiger partial charge in [-0.25, -0.2) is 4.98 Å². The van der Waals surface area contributed by atoms with Crippen LogP contribution in [0.2, 0.25) is 0 Å². The number of piperazine rings is 1. The Morgan fingerprint density at radius 1 is 0.919 bits per heavy atom. The minimum absolute atomic E-state index is 0.158. The first kappa shape index (κ1) is 25.3. The first-order chi connectivity index (χ1) is 17.8. The lowest BCUT2D eigenvalue weighted by atomic mass is 10.1. The molecule has 9 nitrogen and oxygen atoms in total. The molecule has 2 aromatic rings. The highest BCUT2D eigenvalue weighted by Gasteiger charge is 2.42. The van der Waals surface area contributed by atoms with E-state index in [-0.39, 0.29) is 23.5 Å². The van der Waals surface area contributed by atoms with E-state index < -0.39 is 23.5 Å². The zero-order valence-electron chi connectivity index (χ0n) is 20.6. The molecule has 0 aromatic carbocycles. The molecule has 2 aliphatic heterocycles. The molecular weight excluding hydrogens is 489 g/mol. The van der Waals surface area contributed by atoms with Crippen LogP contribution in [0.15, 0.2) is 22.7 Å². The number of piperidine rings is 1. The molecule has 0 bridgehead atoms. The minimum atomic E-state index is -4.83. The van der Waals surface area contributed by atoms with E-state index >= 15 is 0 Å². The van der Waals surface area contributed by atoms with Crippen LogP contribution in [0.1, 0.15) is 61.2 Å². The number of aromatic nitrogens is 2. The van der Waals surface area contributed by atoms with Gasteiger partial charge in [0.05, 0.1) is 11.9 Å². The van der Waals surface area contributed by atoms with Gasteiger partial charge in [-0.2, -0.15) is 18.2 Å². The molecule has 1 N–H and O–H groups in total. The lowest BCUT2D eigenvalue weighted by Gasteiger charge is -2.36. The Morgan fingerprint density at radius 3 is 2.24 bits per heavy atom. The number of hydrogen-bond acceptors (Lipinski definition) is 7. The van der Waals surface area contributed by atoms with Gasteiger partial charge in [0.15, 0.2) is 5.69 Å². The number of oxazole rings is 1. The van der Waals surface area contributed by atoms with Crippen molar-refractivity contribution in [3.8, 4) is 0 Å². The fraction of sp³-hybridized carbons (Fsp3) is 0.600. The highest BCUT2D eigenvalue weighted by atomic mass is 19.4. The van der Waals surface area contributed by atoms with Crippen LogP contribution in [0.4, 0.5) is 30.7 Å². The number of rotatable bonds is 5.